The van der Waals surface area contributed by atoms with E-state index in [0.29, 0.717) is 18.7 Å². The molecule has 2 N–H and O–H groups in total. The van der Waals surface area contributed by atoms with Crippen molar-refractivity contribution in [2.75, 3.05) is 13.2 Å². The van der Waals surface area contributed by atoms with Gasteiger partial charge in [0.25, 0.3) is 5.91 Å². The highest BCUT2D eigenvalue weighted by atomic mass is 79.9. The van der Waals surface area contributed by atoms with Crippen LogP contribution < -0.4 is 10.0 Å². The van der Waals surface area contributed by atoms with Crippen molar-refractivity contribution in [3.8, 4) is 0 Å². The highest BCUT2D eigenvalue weighted by molar-refractivity contribution is 9.11. The van der Waals surface area contributed by atoms with Gasteiger partial charge in [0.15, 0.2) is 0 Å². The van der Waals surface area contributed by atoms with Gasteiger partial charge in [0.05, 0.1) is 21.3 Å². The quantitative estimate of drug-likeness (QED) is 0.667. The number of hydrogen-bond acceptors (Lipinski definition) is 5. The Labute approximate surface area is 165 Å². The van der Waals surface area contributed by atoms with E-state index in [0.717, 1.165) is 21.5 Å². The summed E-state index contributed by atoms with van der Waals surface area (Å²) in [6, 6.07) is 9.86. The van der Waals surface area contributed by atoms with E-state index in [4.69, 9.17) is 4.74 Å². The predicted octanol–water partition coefficient (Wildman–Crippen LogP) is 2.90. The zero-order valence-corrected chi connectivity index (χ0v) is 17.1. The van der Waals surface area contributed by atoms with E-state index in [1.807, 2.05) is 12.1 Å². The van der Waals surface area contributed by atoms with Crippen LogP contribution in [0.1, 0.15) is 28.1 Å². The molecule has 1 atom stereocenters. The highest BCUT2D eigenvalue weighted by Gasteiger charge is 2.21. The fourth-order valence-electron chi connectivity index (χ4n) is 2.61. The van der Waals surface area contributed by atoms with Gasteiger partial charge in [-0.05, 0) is 59.1 Å². The van der Waals surface area contributed by atoms with Gasteiger partial charge in [-0.3, -0.25) is 4.79 Å². The van der Waals surface area contributed by atoms with Gasteiger partial charge in [-0.25, -0.2) is 13.1 Å². The number of sulfonamides is 1. The average Bonchev–Trinajstić information content (AvgIpc) is 3.29. The molecule has 0 radical (unpaired) electrons. The van der Waals surface area contributed by atoms with Gasteiger partial charge in [-0.15, -0.1) is 11.3 Å². The Hall–Kier alpha value is -1.26. The monoisotopic (exact) mass is 458 g/mol. The first-order valence-corrected chi connectivity index (χ1v) is 11.3. The zero-order valence-electron chi connectivity index (χ0n) is 13.9. The molecular weight excluding hydrogens is 440 g/mol. The molecule has 0 spiro atoms. The SMILES string of the molecule is O=C(NCc1ccc(Br)s1)c1cccc(S(=O)(=O)NCC2CCCO2)c1. The van der Waals surface area contributed by atoms with Crippen molar-refractivity contribution in [1.29, 1.82) is 0 Å². The summed E-state index contributed by atoms with van der Waals surface area (Å²) in [5.74, 6) is -0.314. The van der Waals surface area contributed by atoms with Crippen LogP contribution in [0.15, 0.2) is 45.1 Å². The highest BCUT2D eigenvalue weighted by Crippen LogP contribution is 2.22. The molecule has 1 unspecified atom stereocenters. The largest absolute Gasteiger partial charge is 0.377 e. The fourth-order valence-corrected chi connectivity index (χ4v) is 5.15. The van der Waals surface area contributed by atoms with Gasteiger partial charge in [-0.2, -0.15) is 0 Å². The summed E-state index contributed by atoms with van der Waals surface area (Å²) in [4.78, 5) is 13.4. The second-order valence-electron chi connectivity index (χ2n) is 5.90. The molecule has 140 valence electrons. The standard InChI is InChI=1S/C17H19BrN2O4S2/c18-16-7-6-14(25-16)11-19-17(21)12-3-1-5-15(9-12)26(22,23)20-10-13-4-2-8-24-13/h1,3,5-7,9,13,20H,2,4,8,10-11H2,(H,19,21). The van der Waals surface area contributed by atoms with Crippen LogP contribution in [0, 0.1) is 0 Å². The normalized spacial score (nSPS) is 17.3. The van der Waals surface area contributed by atoms with E-state index < -0.39 is 10.0 Å². The molecule has 1 aromatic carbocycles. The molecule has 1 aromatic heterocycles. The van der Waals surface area contributed by atoms with E-state index in [9.17, 15) is 13.2 Å². The fraction of sp³-hybridized carbons (Fsp3) is 0.353. The van der Waals surface area contributed by atoms with Gasteiger partial charge >= 0.3 is 0 Å². The molecule has 1 aliphatic rings. The number of nitrogens with one attached hydrogen (secondary N) is 2. The first-order chi connectivity index (χ1) is 12.4. The Balaban J connectivity index is 1.63. The summed E-state index contributed by atoms with van der Waals surface area (Å²) >= 11 is 4.91. The number of halogens is 1. The second kappa shape index (κ2) is 8.62. The number of amides is 1. The maximum absolute atomic E-state index is 12.4. The zero-order chi connectivity index (χ0) is 18.6. The van der Waals surface area contributed by atoms with Crippen LogP contribution in [0.3, 0.4) is 0 Å². The Morgan fingerprint density at radius 2 is 2.15 bits per heavy atom. The van der Waals surface area contributed by atoms with Gasteiger partial charge in [0, 0.05) is 23.6 Å². The van der Waals surface area contributed by atoms with E-state index in [-0.39, 0.29) is 23.5 Å². The molecule has 2 heterocycles. The topological polar surface area (TPSA) is 84.5 Å². The molecule has 26 heavy (non-hydrogen) atoms. The predicted molar refractivity (Wildman–Crippen MR) is 104 cm³/mol. The third-order valence-corrected chi connectivity index (χ3v) is 7.03. The number of hydrogen-bond donors (Lipinski definition) is 2. The van der Waals surface area contributed by atoms with Gasteiger partial charge in [-0.1, -0.05) is 6.07 Å². The minimum Gasteiger partial charge on any atom is -0.377 e. The van der Waals surface area contributed by atoms with Gasteiger partial charge in [0.1, 0.15) is 0 Å². The Bertz CT molecular complexity index is 876. The molecule has 2 aromatic rings. The van der Waals surface area contributed by atoms with Crippen molar-refractivity contribution in [1.82, 2.24) is 10.0 Å². The lowest BCUT2D eigenvalue weighted by Gasteiger charge is -2.12. The number of ether oxygens (including phenoxy) is 1. The molecule has 6 nitrogen and oxygen atoms in total. The molecule has 1 fully saturated rings. The van der Waals surface area contributed by atoms with Crippen LogP contribution >= 0.6 is 27.3 Å². The summed E-state index contributed by atoms with van der Waals surface area (Å²) in [6.45, 7) is 1.30. The van der Waals surface area contributed by atoms with Crippen molar-refractivity contribution in [3.05, 3.63) is 50.6 Å². The minimum atomic E-state index is -3.68. The van der Waals surface area contributed by atoms with Crippen LogP contribution in [0.4, 0.5) is 0 Å². The molecule has 0 saturated carbocycles. The lowest BCUT2D eigenvalue weighted by molar-refractivity contribution is 0.0951. The van der Waals surface area contributed by atoms with Crippen LogP contribution in [-0.2, 0) is 21.3 Å². The van der Waals surface area contributed by atoms with Crippen LogP contribution in [0.25, 0.3) is 0 Å². The summed E-state index contributed by atoms with van der Waals surface area (Å²) in [5, 5.41) is 2.80. The number of carbonyl (C=O) groups is 1. The van der Waals surface area contributed by atoms with Crippen LogP contribution in [0.2, 0.25) is 0 Å². The summed E-state index contributed by atoms with van der Waals surface area (Å²) in [5.41, 5.74) is 0.306. The molecule has 0 aliphatic carbocycles. The third-order valence-electron chi connectivity index (χ3n) is 3.98. The number of rotatable bonds is 7. The van der Waals surface area contributed by atoms with Crippen molar-refractivity contribution in [2.24, 2.45) is 0 Å². The summed E-state index contributed by atoms with van der Waals surface area (Å²) in [7, 11) is -3.68. The molecular formula is C17H19BrN2O4S2. The smallest absolute Gasteiger partial charge is 0.251 e. The summed E-state index contributed by atoms with van der Waals surface area (Å²) < 4.78 is 33.9. The molecule has 1 amide bonds. The van der Waals surface area contributed by atoms with E-state index in [1.54, 1.807) is 12.1 Å². The number of thiophene rings is 1. The maximum Gasteiger partial charge on any atom is 0.251 e. The number of carbonyl (C=O) groups excluding carboxylic acids is 1. The Morgan fingerprint density at radius 1 is 1.31 bits per heavy atom. The average molecular weight is 459 g/mol. The number of benzene rings is 1. The lowest BCUT2D eigenvalue weighted by atomic mass is 10.2. The molecule has 1 aliphatic heterocycles. The van der Waals surface area contributed by atoms with Gasteiger partial charge < -0.3 is 10.1 Å². The van der Waals surface area contributed by atoms with E-state index in [2.05, 4.69) is 26.0 Å². The maximum atomic E-state index is 12.4. The van der Waals surface area contributed by atoms with E-state index in [1.165, 1.54) is 23.5 Å². The van der Waals surface area contributed by atoms with Crippen LogP contribution in [-0.4, -0.2) is 33.6 Å². The minimum absolute atomic E-state index is 0.0713. The molecule has 9 heteroatoms. The lowest BCUT2D eigenvalue weighted by Crippen LogP contribution is -2.32. The van der Waals surface area contributed by atoms with E-state index >= 15 is 0 Å². The van der Waals surface area contributed by atoms with Crippen molar-refractivity contribution >= 4 is 43.2 Å². The molecule has 1 saturated heterocycles. The second-order valence-corrected chi connectivity index (χ2v) is 10.2. The molecule has 3 rings (SSSR count). The van der Waals surface area contributed by atoms with Gasteiger partial charge in [0.2, 0.25) is 10.0 Å². The third kappa shape index (κ3) is 5.14. The first-order valence-electron chi connectivity index (χ1n) is 8.18. The van der Waals surface area contributed by atoms with Crippen molar-refractivity contribution in [2.45, 2.75) is 30.4 Å². The Kier molecular flexibility index (Phi) is 6.46. The van der Waals surface area contributed by atoms with Crippen molar-refractivity contribution in [3.63, 3.8) is 0 Å². The first kappa shape index (κ1) is 19.5. The van der Waals surface area contributed by atoms with Crippen molar-refractivity contribution < 1.29 is 17.9 Å². The Morgan fingerprint density at radius 3 is 2.85 bits per heavy atom. The molecule has 0 bridgehead atoms. The summed E-state index contributed by atoms with van der Waals surface area (Å²) in [6.07, 6.45) is 1.72. The van der Waals surface area contributed by atoms with Crippen LogP contribution in [0.5, 0.6) is 0 Å².